The third-order valence-corrected chi connectivity index (χ3v) is 4.28. The molecule has 4 rings (SSSR count). The zero-order chi connectivity index (χ0) is 17.8. The molecule has 4 nitrogen and oxygen atoms in total. The third-order valence-electron chi connectivity index (χ3n) is 4.28. The van der Waals surface area contributed by atoms with Gasteiger partial charge in [0, 0.05) is 5.56 Å². The van der Waals surface area contributed by atoms with Gasteiger partial charge in [-0.2, -0.15) is 0 Å². The average molecular weight is 343 g/mol. The van der Waals surface area contributed by atoms with Gasteiger partial charge in [0.2, 0.25) is 0 Å². The number of rotatable bonds is 5. The number of nitrogens with zero attached hydrogens (tertiary/aromatic N) is 1. The predicted molar refractivity (Wildman–Crippen MR) is 99.0 cm³/mol. The van der Waals surface area contributed by atoms with Crippen molar-refractivity contribution in [2.24, 2.45) is 5.16 Å². The van der Waals surface area contributed by atoms with Gasteiger partial charge in [-0.1, -0.05) is 71.9 Å². The zero-order valence-electron chi connectivity index (χ0n) is 14.0. The molecule has 4 heteroatoms. The summed E-state index contributed by atoms with van der Waals surface area (Å²) in [6.45, 7) is 0.313. The van der Waals surface area contributed by atoms with Crippen LogP contribution in [0.15, 0.2) is 84.0 Å². The molecule has 0 saturated carbocycles. The molecule has 0 atom stereocenters. The fraction of sp³-hybridized carbons (Fsp3) is 0.0909. The maximum absolute atomic E-state index is 11.5. The lowest BCUT2D eigenvalue weighted by molar-refractivity contribution is 0.0535. The summed E-state index contributed by atoms with van der Waals surface area (Å²) in [5, 5.41) is 4.19. The van der Waals surface area contributed by atoms with Crippen LogP contribution in [0.25, 0.3) is 0 Å². The van der Waals surface area contributed by atoms with E-state index < -0.39 is 0 Å². The Morgan fingerprint density at radius 1 is 0.923 bits per heavy atom. The van der Waals surface area contributed by atoms with Gasteiger partial charge in [0.15, 0.2) is 6.10 Å². The summed E-state index contributed by atoms with van der Waals surface area (Å²) in [6, 6.07) is 25.4. The second-order valence-corrected chi connectivity index (χ2v) is 6.03. The first-order valence-electron chi connectivity index (χ1n) is 8.40. The quantitative estimate of drug-likeness (QED) is 0.389. The van der Waals surface area contributed by atoms with Gasteiger partial charge in [-0.25, -0.2) is 4.79 Å². The first-order chi connectivity index (χ1) is 12.8. The molecule has 1 heterocycles. The second-order valence-electron chi connectivity index (χ2n) is 6.03. The summed E-state index contributed by atoms with van der Waals surface area (Å²) in [6.07, 6.45) is 1.37. The van der Waals surface area contributed by atoms with Crippen molar-refractivity contribution in [3.63, 3.8) is 0 Å². The minimum Gasteiger partial charge on any atom is -0.457 e. The van der Waals surface area contributed by atoms with E-state index in [9.17, 15) is 4.79 Å². The highest BCUT2D eigenvalue weighted by Crippen LogP contribution is 2.26. The Labute approximate surface area is 151 Å². The Morgan fingerprint density at radius 2 is 1.58 bits per heavy atom. The summed E-state index contributed by atoms with van der Waals surface area (Å²) >= 11 is 0. The fourth-order valence-corrected chi connectivity index (χ4v) is 2.96. The van der Waals surface area contributed by atoms with Crippen molar-refractivity contribution in [3.8, 4) is 0 Å². The number of carbonyl (C=O) groups is 1. The first kappa shape index (κ1) is 16.1. The van der Waals surface area contributed by atoms with Crippen molar-refractivity contribution >= 4 is 12.2 Å². The summed E-state index contributed by atoms with van der Waals surface area (Å²) in [4.78, 5) is 17.3. The molecular weight excluding hydrogens is 326 g/mol. The van der Waals surface area contributed by atoms with Gasteiger partial charge in [-0.05, 0) is 28.8 Å². The van der Waals surface area contributed by atoms with Crippen LogP contribution in [0.5, 0.6) is 0 Å². The highest BCUT2D eigenvalue weighted by atomic mass is 16.6. The summed E-state index contributed by atoms with van der Waals surface area (Å²) < 4.78 is 5.02. The van der Waals surface area contributed by atoms with Gasteiger partial charge in [-0.15, -0.1) is 0 Å². The van der Waals surface area contributed by atoms with Crippen LogP contribution in [0.4, 0.5) is 0 Å². The maximum atomic E-state index is 11.5. The number of benzene rings is 3. The number of cyclic esters (lactones) is 1. The molecule has 3 aromatic rings. The molecule has 128 valence electrons. The molecule has 3 aromatic carbocycles. The molecule has 0 aliphatic carbocycles. The van der Waals surface area contributed by atoms with Crippen molar-refractivity contribution in [3.05, 3.63) is 107 Å². The van der Waals surface area contributed by atoms with Gasteiger partial charge >= 0.3 is 5.97 Å². The van der Waals surface area contributed by atoms with Crippen LogP contribution in [0, 0.1) is 0 Å². The molecule has 0 spiro atoms. The molecule has 0 N–H and O–H groups in total. The highest BCUT2D eigenvalue weighted by molar-refractivity contribution is 5.94. The minimum absolute atomic E-state index is 0.270. The molecule has 1 aliphatic rings. The number of hydrogen-bond donors (Lipinski definition) is 0. The topological polar surface area (TPSA) is 47.9 Å². The highest BCUT2D eigenvalue weighted by Gasteiger charge is 2.20. The Morgan fingerprint density at radius 3 is 2.23 bits per heavy atom. The van der Waals surface area contributed by atoms with Crippen molar-refractivity contribution in [1.29, 1.82) is 0 Å². The number of carbonyl (C=O) groups excluding carboxylic acids is 1. The van der Waals surface area contributed by atoms with E-state index >= 15 is 0 Å². The minimum atomic E-state index is -0.284. The predicted octanol–water partition coefficient (Wildman–Crippen LogP) is 4.50. The standard InChI is InChI=1S/C22H17NO3/c24-22-20-12-11-16(13-19(20)15-25-22)14-23-26-21(17-7-3-1-4-8-17)18-9-5-2-6-10-18/h1-14,21H,15H2/b23-14-. The Balaban J connectivity index is 1.55. The van der Waals surface area contributed by atoms with Crippen LogP contribution >= 0.6 is 0 Å². The van der Waals surface area contributed by atoms with Crippen molar-refractivity contribution in [2.45, 2.75) is 12.7 Å². The molecule has 0 unspecified atom stereocenters. The molecule has 26 heavy (non-hydrogen) atoms. The van der Waals surface area contributed by atoms with E-state index in [0.29, 0.717) is 12.2 Å². The summed E-state index contributed by atoms with van der Waals surface area (Å²) in [5.41, 5.74) is 4.42. The van der Waals surface area contributed by atoms with Gasteiger partial charge in [0.05, 0.1) is 11.8 Å². The molecule has 0 aromatic heterocycles. The van der Waals surface area contributed by atoms with Crippen molar-refractivity contribution in [2.75, 3.05) is 0 Å². The van der Waals surface area contributed by atoms with E-state index in [1.54, 1.807) is 12.3 Å². The number of oxime groups is 1. The number of ether oxygens (including phenoxy) is 1. The van der Waals surface area contributed by atoms with Crippen LogP contribution < -0.4 is 0 Å². The lowest BCUT2D eigenvalue weighted by Crippen LogP contribution is -2.03. The van der Waals surface area contributed by atoms with Gasteiger partial charge in [0.1, 0.15) is 6.61 Å². The molecule has 0 bridgehead atoms. The molecule has 1 aliphatic heterocycles. The van der Waals surface area contributed by atoms with Crippen LogP contribution in [0.2, 0.25) is 0 Å². The number of fused-ring (bicyclic) bond motifs is 1. The second kappa shape index (κ2) is 7.23. The third kappa shape index (κ3) is 3.35. The number of hydrogen-bond acceptors (Lipinski definition) is 4. The van der Waals surface area contributed by atoms with Crippen LogP contribution in [0.1, 0.15) is 38.7 Å². The van der Waals surface area contributed by atoms with Gasteiger partial charge in [0.25, 0.3) is 0 Å². The lowest BCUT2D eigenvalue weighted by atomic mass is 10.0. The number of esters is 1. The summed E-state index contributed by atoms with van der Waals surface area (Å²) in [5.74, 6) is -0.270. The molecular formula is C22H17NO3. The molecule has 0 radical (unpaired) electrons. The average Bonchev–Trinajstić information content (AvgIpc) is 3.07. The maximum Gasteiger partial charge on any atom is 0.338 e. The van der Waals surface area contributed by atoms with E-state index in [0.717, 1.165) is 22.3 Å². The van der Waals surface area contributed by atoms with E-state index in [4.69, 9.17) is 9.57 Å². The molecule has 0 amide bonds. The van der Waals surface area contributed by atoms with Crippen LogP contribution in [-0.2, 0) is 16.2 Å². The Hall–Kier alpha value is -3.40. The van der Waals surface area contributed by atoms with Crippen molar-refractivity contribution in [1.82, 2.24) is 0 Å². The summed E-state index contributed by atoms with van der Waals surface area (Å²) in [7, 11) is 0. The largest absolute Gasteiger partial charge is 0.457 e. The van der Waals surface area contributed by atoms with E-state index in [2.05, 4.69) is 5.16 Å². The SMILES string of the molecule is O=C1OCc2cc(/C=N\OC(c3ccccc3)c3ccccc3)ccc21. The lowest BCUT2D eigenvalue weighted by Gasteiger charge is -2.15. The Bertz CT molecular complexity index is 897. The van der Waals surface area contributed by atoms with Gasteiger partial charge in [-0.3, -0.25) is 0 Å². The van der Waals surface area contributed by atoms with E-state index in [1.807, 2.05) is 72.8 Å². The monoisotopic (exact) mass is 343 g/mol. The molecule has 0 fully saturated rings. The van der Waals surface area contributed by atoms with E-state index in [-0.39, 0.29) is 12.1 Å². The van der Waals surface area contributed by atoms with E-state index in [1.165, 1.54) is 0 Å². The smallest absolute Gasteiger partial charge is 0.338 e. The molecule has 0 saturated heterocycles. The Kier molecular flexibility index (Phi) is 4.48. The normalized spacial score (nSPS) is 13.0. The van der Waals surface area contributed by atoms with Gasteiger partial charge < -0.3 is 9.57 Å². The van der Waals surface area contributed by atoms with Crippen LogP contribution in [-0.4, -0.2) is 12.2 Å². The zero-order valence-corrected chi connectivity index (χ0v) is 14.0. The van der Waals surface area contributed by atoms with Crippen LogP contribution in [0.3, 0.4) is 0 Å². The fourth-order valence-electron chi connectivity index (χ4n) is 2.96. The first-order valence-corrected chi connectivity index (χ1v) is 8.40. The van der Waals surface area contributed by atoms with Crippen molar-refractivity contribution < 1.29 is 14.4 Å².